The molecule has 0 radical (unpaired) electrons. The lowest BCUT2D eigenvalue weighted by atomic mass is 10.1. The largest absolute Gasteiger partial charge is 0.478 e. The molecule has 0 fully saturated rings. The van der Waals surface area contributed by atoms with Crippen molar-refractivity contribution in [3.63, 3.8) is 0 Å². The highest BCUT2D eigenvalue weighted by atomic mass is 16.4. The van der Waals surface area contributed by atoms with Gasteiger partial charge in [0, 0.05) is 30.3 Å². The molecule has 0 saturated heterocycles. The maximum Gasteiger partial charge on any atom is 0.335 e. The van der Waals surface area contributed by atoms with E-state index in [9.17, 15) is 4.79 Å². The molecule has 0 aliphatic carbocycles. The van der Waals surface area contributed by atoms with Crippen molar-refractivity contribution in [2.75, 3.05) is 13.2 Å². The first-order valence-electron chi connectivity index (χ1n) is 6.33. The van der Waals surface area contributed by atoms with Gasteiger partial charge in [-0.2, -0.15) is 0 Å². The van der Waals surface area contributed by atoms with Crippen molar-refractivity contribution in [3.05, 3.63) is 35.5 Å². The summed E-state index contributed by atoms with van der Waals surface area (Å²) in [6.07, 6.45) is 3.40. The van der Waals surface area contributed by atoms with Crippen LogP contribution in [0.5, 0.6) is 0 Å². The molecule has 0 bridgehead atoms. The number of aromatic carboxylic acids is 1. The second-order valence-electron chi connectivity index (χ2n) is 4.50. The van der Waals surface area contributed by atoms with E-state index in [4.69, 9.17) is 15.9 Å². The Balaban J connectivity index is 2.51. The fraction of sp³-hybridized carbons (Fsp3) is 0.357. The molecule has 4 N–H and O–H groups in total. The Hall–Kier alpha value is -1.85. The molecule has 0 amide bonds. The van der Waals surface area contributed by atoms with E-state index in [1.54, 1.807) is 12.1 Å². The quantitative estimate of drug-likeness (QED) is 0.730. The fourth-order valence-electron chi connectivity index (χ4n) is 2.28. The van der Waals surface area contributed by atoms with Gasteiger partial charge in [-0.25, -0.2) is 4.79 Å². The number of hydrogen-bond donors (Lipinski definition) is 3. The van der Waals surface area contributed by atoms with Gasteiger partial charge in [0.1, 0.15) is 0 Å². The molecule has 0 spiro atoms. The van der Waals surface area contributed by atoms with Gasteiger partial charge in [0.2, 0.25) is 0 Å². The summed E-state index contributed by atoms with van der Waals surface area (Å²) in [7, 11) is 0. The van der Waals surface area contributed by atoms with E-state index < -0.39 is 5.97 Å². The second-order valence-corrected chi connectivity index (χ2v) is 4.50. The predicted molar refractivity (Wildman–Crippen MR) is 73.4 cm³/mol. The summed E-state index contributed by atoms with van der Waals surface area (Å²) in [6, 6.07) is 5.12. The summed E-state index contributed by atoms with van der Waals surface area (Å²) < 4.78 is 1.99. The van der Waals surface area contributed by atoms with Crippen LogP contribution in [0.25, 0.3) is 10.9 Å². The van der Waals surface area contributed by atoms with Crippen LogP contribution in [0.3, 0.4) is 0 Å². The molecule has 0 atom stereocenters. The molecular formula is C14H18N2O3. The van der Waals surface area contributed by atoms with Crippen LogP contribution in [-0.2, 0) is 13.0 Å². The Morgan fingerprint density at radius 1 is 1.37 bits per heavy atom. The average molecular weight is 262 g/mol. The van der Waals surface area contributed by atoms with Crippen LogP contribution in [0.4, 0.5) is 0 Å². The lowest BCUT2D eigenvalue weighted by Crippen LogP contribution is -2.02. The van der Waals surface area contributed by atoms with Crippen LogP contribution in [0, 0.1) is 0 Å². The van der Waals surface area contributed by atoms with Gasteiger partial charge in [0.25, 0.3) is 0 Å². The normalized spacial score (nSPS) is 11.1. The van der Waals surface area contributed by atoms with E-state index in [0.717, 1.165) is 22.9 Å². The Morgan fingerprint density at radius 2 is 2.16 bits per heavy atom. The van der Waals surface area contributed by atoms with E-state index in [0.29, 0.717) is 19.5 Å². The van der Waals surface area contributed by atoms with Gasteiger partial charge in [-0.15, -0.1) is 0 Å². The highest BCUT2D eigenvalue weighted by Gasteiger charge is 2.11. The SMILES string of the molecule is NCCc1cn(CCCO)c2cc(C(=O)O)ccc12. The van der Waals surface area contributed by atoms with Crippen molar-refractivity contribution in [2.45, 2.75) is 19.4 Å². The van der Waals surface area contributed by atoms with E-state index >= 15 is 0 Å². The van der Waals surface area contributed by atoms with Crippen molar-refractivity contribution >= 4 is 16.9 Å². The average Bonchev–Trinajstić information content (AvgIpc) is 2.74. The maximum absolute atomic E-state index is 11.0. The summed E-state index contributed by atoms with van der Waals surface area (Å²) in [6.45, 7) is 1.34. The van der Waals surface area contributed by atoms with Crippen molar-refractivity contribution < 1.29 is 15.0 Å². The number of rotatable bonds is 6. The summed E-state index contributed by atoms with van der Waals surface area (Å²) in [5, 5.41) is 19.0. The smallest absolute Gasteiger partial charge is 0.335 e. The number of carboxylic acid groups (broad SMARTS) is 1. The number of carbonyl (C=O) groups is 1. The van der Waals surface area contributed by atoms with E-state index in [2.05, 4.69) is 0 Å². The highest BCUT2D eigenvalue weighted by molar-refractivity contribution is 5.94. The number of nitrogens with two attached hydrogens (primary N) is 1. The Labute approximate surface area is 111 Å². The maximum atomic E-state index is 11.0. The number of benzene rings is 1. The van der Waals surface area contributed by atoms with Crippen molar-refractivity contribution in [3.8, 4) is 0 Å². The van der Waals surface area contributed by atoms with Crippen molar-refractivity contribution in [1.82, 2.24) is 4.57 Å². The second kappa shape index (κ2) is 5.86. The molecule has 102 valence electrons. The van der Waals surface area contributed by atoms with Crippen LogP contribution in [0.2, 0.25) is 0 Å². The van der Waals surface area contributed by atoms with Gasteiger partial charge in [-0.05, 0) is 37.1 Å². The summed E-state index contributed by atoms with van der Waals surface area (Å²) in [4.78, 5) is 11.0. The number of carboxylic acids is 1. The van der Waals surface area contributed by atoms with Crippen LogP contribution in [0.1, 0.15) is 22.3 Å². The molecule has 1 aromatic carbocycles. The van der Waals surface area contributed by atoms with Crippen LogP contribution in [0.15, 0.2) is 24.4 Å². The van der Waals surface area contributed by atoms with Gasteiger partial charge in [-0.3, -0.25) is 0 Å². The fourth-order valence-corrected chi connectivity index (χ4v) is 2.28. The number of aryl methyl sites for hydroxylation is 1. The lowest BCUT2D eigenvalue weighted by molar-refractivity contribution is 0.0697. The minimum Gasteiger partial charge on any atom is -0.478 e. The molecule has 1 heterocycles. The zero-order chi connectivity index (χ0) is 13.8. The molecule has 2 rings (SSSR count). The van der Waals surface area contributed by atoms with E-state index in [1.807, 2.05) is 16.8 Å². The van der Waals surface area contributed by atoms with Gasteiger partial charge in [-0.1, -0.05) is 6.07 Å². The number of aromatic nitrogens is 1. The van der Waals surface area contributed by atoms with Crippen molar-refractivity contribution in [1.29, 1.82) is 0 Å². The third-order valence-corrected chi connectivity index (χ3v) is 3.18. The zero-order valence-electron chi connectivity index (χ0n) is 10.7. The number of aliphatic hydroxyl groups is 1. The molecule has 5 heteroatoms. The first kappa shape index (κ1) is 13.6. The predicted octanol–water partition coefficient (Wildman–Crippen LogP) is 1.22. The minimum absolute atomic E-state index is 0.116. The molecule has 0 aliphatic rings. The Bertz CT molecular complexity index is 590. The topological polar surface area (TPSA) is 88.5 Å². The van der Waals surface area contributed by atoms with Gasteiger partial charge in [0.05, 0.1) is 5.56 Å². The van der Waals surface area contributed by atoms with E-state index in [-0.39, 0.29) is 12.2 Å². The monoisotopic (exact) mass is 262 g/mol. The van der Waals surface area contributed by atoms with Crippen LogP contribution in [-0.4, -0.2) is 33.9 Å². The van der Waals surface area contributed by atoms with Gasteiger partial charge in [0.15, 0.2) is 0 Å². The number of nitrogens with zero attached hydrogens (tertiary/aromatic N) is 1. The molecule has 1 aromatic heterocycles. The van der Waals surface area contributed by atoms with Crippen LogP contribution < -0.4 is 5.73 Å². The summed E-state index contributed by atoms with van der Waals surface area (Å²) >= 11 is 0. The Kier molecular flexibility index (Phi) is 4.19. The van der Waals surface area contributed by atoms with Crippen molar-refractivity contribution in [2.24, 2.45) is 5.73 Å². The minimum atomic E-state index is -0.933. The number of hydrogen-bond acceptors (Lipinski definition) is 3. The number of fused-ring (bicyclic) bond motifs is 1. The first-order valence-corrected chi connectivity index (χ1v) is 6.33. The molecule has 0 unspecified atom stereocenters. The van der Waals surface area contributed by atoms with Gasteiger partial charge < -0.3 is 20.5 Å². The molecule has 2 aromatic rings. The molecule has 0 aliphatic heterocycles. The van der Waals surface area contributed by atoms with E-state index in [1.165, 1.54) is 0 Å². The number of aliphatic hydroxyl groups excluding tert-OH is 1. The summed E-state index contributed by atoms with van der Waals surface area (Å²) in [5.74, 6) is -0.933. The molecular weight excluding hydrogens is 244 g/mol. The third-order valence-electron chi connectivity index (χ3n) is 3.18. The standard InChI is InChI=1S/C14H18N2O3/c15-5-4-11-9-16(6-1-7-17)13-8-10(14(18)19)2-3-12(11)13/h2-3,8-9,17H,1,4-7,15H2,(H,18,19). The highest BCUT2D eigenvalue weighted by Crippen LogP contribution is 2.23. The summed E-state index contributed by atoms with van der Waals surface area (Å²) in [5.41, 5.74) is 7.87. The van der Waals surface area contributed by atoms with Crippen LogP contribution >= 0.6 is 0 Å². The first-order chi connectivity index (χ1) is 9.17. The van der Waals surface area contributed by atoms with Gasteiger partial charge >= 0.3 is 5.97 Å². The Morgan fingerprint density at radius 3 is 2.79 bits per heavy atom. The lowest BCUT2D eigenvalue weighted by Gasteiger charge is -2.04. The molecule has 5 nitrogen and oxygen atoms in total. The molecule has 19 heavy (non-hydrogen) atoms. The zero-order valence-corrected chi connectivity index (χ0v) is 10.7. The third kappa shape index (κ3) is 2.77. The molecule has 0 saturated carbocycles.